The van der Waals surface area contributed by atoms with Gasteiger partial charge in [-0.15, -0.1) is 0 Å². The normalized spacial score (nSPS) is 16.3. The lowest BCUT2D eigenvalue weighted by Crippen LogP contribution is -2.30. The summed E-state index contributed by atoms with van der Waals surface area (Å²) in [4.78, 5) is 0. The van der Waals surface area contributed by atoms with Gasteiger partial charge in [0.1, 0.15) is 34.5 Å². The second-order valence-corrected chi connectivity index (χ2v) is 21.0. The first-order valence-electron chi connectivity index (χ1n) is 25.7. The Bertz CT molecular complexity index is 2480. The summed E-state index contributed by atoms with van der Waals surface area (Å²) in [6, 6.07) is 35.7. The lowest BCUT2D eigenvalue weighted by Gasteiger charge is -2.39. The van der Waals surface area contributed by atoms with Crippen LogP contribution in [0.25, 0.3) is 0 Å². The van der Waals surface area contributed by atoms with Crippen molar-refractivity contribution in [2.45, 2.75) is 174 Å². The molecule has 0 aromatic heterocycles. The first-order chi connectivity index (χ1) is 32.9. The SMILES string of the molecule is Cc1cc(C(C)(C)c2ccc(O)c(C)c2)ccc1O.Cc1cc(C2(c3ccc(O)c(C)c3)CCCCC2)ccc1O.Cc1cc(C2(c3ccc(O)c(C)c3)CCCCCCCCCCC2)ccc1O. The van der Waals surface area contributed by atoms with E-state index in [-0.39, 0.29) is 16.2 Å². The van der Waals surface area contributed by atoms with Gasteiger partial charge >= 0.3 is 0 Å². The van der Waals surface area contributed by atoms with Crippen molar-refractivity contribution >= 4 is 0 Å². The van der Waals surface area contributed by atoms with Crippen LogP contribution < -0.4 is 0 Å². The Balaban J connectivity index is 0.000000174. The standard InChI is InChI=1S/C26H36O2.C20H24O2.C17H20O2/c1-20-18-22(12-14-24(20)27)26(23-13-15-25(28)21(2)19-23)16-10-8-6-4-3-5-7-9-11-17-26;1-14-12-16(6-8-18(14)21)20(10-4-3-5-11-20)17-7-9-19(22)15(2)13-17;1-11-9-13(5-7-15(11)18)17(3,4)14-6-8-16(19)12(2)10-14/h12-15,18-19,27-28H,3-11,16-17H2,1-2H3;6-9,12-13,21-22H,3-5,10-11H2,1-2H3;5-10,18-19H,1-4H3. The van der Waals surface area contributed by atoms with Crippen LogP contribution in [0.2, 0.25) is 0 Å². The first kappa shape index (κ1) is 52.5. The van der Waals surface area contributed by atoms with Gasteiger partial charge < -0.3 is 30.6 Å². The monoisotopic (exact) mass is 933 g/mol. The van der Waals surface area contributed by atoms with Crippen molar-refractivity contribution in [1.82, 2.24) is 0 Å². The maximum Gasteiger partial charge on any atom is 0.118 e. The largest absolute Gasteiger partial charge is 0.508 e. The van der Waals surface area contributed by atoms with Gasteiger partial charge in [-0.1, -0.05) is 164 Å². The van der Waals surface area contributed by atoms with E-state index in [9.17, 15) is 30.6 Å². The summed E-state index contributed by atoms with van der Waals surface area (Å²) in [5.74, 6) is 2.10. The van der Waals surface area contributed by atoms with E-state index in [4.69, 9.17) is 0 Å². The zero-order chi connectivity index (χ0) is 49.9. The summed E-state index contributed by atoms with van der Waals surface area (Å²) in [5.41, 5.74) is 12.8. The van der Waals surface area contributed by atoms with Crippen LogP contribution in [0.3, 0.4) is 0 Å². The maximum atomic E-state index is 10.1. The summed E-state index contributed by atoms with van der Waals surface area (Å²) in [6.45, 7) is 16.0. The Labute approximate surface area is 413 Å². The highest BCUT2D eigenvalue weighted by atomic mass is 16.3. The Morgan fingerprint density at radius 2 is 0.493 bits per heavy atom. The van der Waals surface area contributed by atoms with E-state index in [0.29, 0.717) is 34.5 Å². The third-order valence-electron chi connectivity index (χ3n) is 15.7. The molecule has 368 valence electrons. The van der Waals surface area contributed by atoms with Crippen LogP contribution in [0, 0.1) is 41.5 Å². The molecule has 2 saturated carbocycles. The topological polar surface area (TPSA) is 121 Å². The smallest absolute Gasteiger partial charge is 0.118 e. The van der Waals surface area contributed by atoms with Gasteiger partial charge in [-0.05, 0) is 170 Å². The van der Waals surface area contributed by atoms with Crippen molar-refractivity contribution in [2.75, 3.05) is 0 Å². The van der Waals surface area contributed by atoms with E-state index in [1.54, 1.807) is 12.1 Å². The highest BCUT2D eigenvalue weighted by molar-refractivity contribution is 5.50. The number of aryl methyl sites for hydroxylation is 6. The molecule has 0 aliphatic heterocycles. The lowest BCUT2D eigenvalue weighted by atomic mass is 9.65. The minimum absolute atomic E-state index is 0.00910. The van der Waals surface area contributed by atoms with Crippen LogP contribution in [-0.2, 0) is 16.2 Å². The fraction of sp³-hybridized carbons (Fsp3) is 0.429. The summed E-state index contributed by atoms with van der Waals surface area (Å²) in [6.07, 6.45) is 20.0. The van der Waals surface area contributed by atoms with Gasteiger partial charge in [0.05, 0.1) is 0 Å². The van der Waals surface area contributed by atoms with E-state index in [1.807, 2.05) is 90.1 Å². The molecule has 0 bridgehead atoms. The highest BCUT2D eigenvalue weighted by Gasteiger charge is 2.37. The van der Waals surface area contributed by atoms with Crippen molar-refractivity contribution in [3.63, 3.8) is 0 Å². The molecule has 0 saturated heterocycles. The van der Waals surface area contributed by atoms with Crippen molar-refractivity contribution < 1.29 is 30.6 Å². The lowest BCUT2D eigenvalue weighted by molar-refractivity contribution is 0.344. The van der Waals surface area contributed by atoms with Gasteiger partial charge in [0.2, 0.25) is 0 Å². The van der Waals surface area contributed by atoms with Gasteiger partial charge in [0, 0.05) is 16.2 Å². The second kappa shape index (κ2) is 23.2. The number of phenols is 6. The van der Waals surface area contributed by atoms with E-state index >= 15 is 0 Å². The van der Waals surface area contributed by atoms with Crippen molar-refractivity contribution in [1.29, 1.82) is 0 Å². The molecule has 6 N–H and O–H groups in total. The minimum atomic E-state index is -0.170. The molecular weight excluding hydrogens is 853 g/mol. The van der Waals surface area contributed by atoms with Crippen LogP contribution in [0.1, 0.15) is 183 Å². The van der Waals surface area contributed by atoms with Crippen molar-refractivity contribution in [3.8, 4) is 34.5 Å². The molecule has 69 heavy (non-hydrogen) atoms. The molecule has 8 rings (SSSR count). The van der Waals surface area contributed by atoms with Gasteiger partial charge in [0.25, 0.3) is 0 Å². The van der Waals surface area contributed by atoms with Gasteiger partial charge in [0.15, 0.2) is 0 Å². The van der Waals surface area contributed by atoms with Gasteiger partial charge in [-0.3, -0.25) is 0 Å². The molecule has 2 aliphatic rings. The number of phenolic OH excluding ortho intramolecular Hbond substituents is 6. The molecule has 6 nitrogen and oxygen atoms in total. The Hall–Kier alpha value is -5.88. The number of hydrogen-bond acceptors (Lipinski definition) is 6. The summed E-state index contributed by atoms with van der Waals surface area (Å²) in [7, 11) is 0. The molecular formula is C63H80O6. The van der Waals surface area contributed by atoms with E-state index in [2.05, 4.69) is 62.4 Å². The predicted octanol–water partition coefficient (Wildman–Crippen LogP) is 16.3. The Kier molecular flexibility index (Phi) is 17.6. The molecule has 0 heterocycles. The molecule has 2 fully saturated rings. The van der Waals surface area contributed by atoms with E-state index in [1.165, 1.54) is 99.3 Å². The van der Waals surface area contributed by atoms with Crippen LogP contribution >= 0.6 is 0 Å². The number of aromatic hydroxyl groups is 6. The quantitative estimate of drug-likeness (QED) is 0.0989. The molecule has 6 aromatic carbocycles. The van der Waals surface area contributed by atoms with Gasteiger partial charge in [-0.25, -0.2) is 0 Å². The predicted molar refractivity (Wildman–Crippen MR) is 285 cm³/mol. The molecule has 0 spiro atoms. The fourth-order valence-corrected chi connectivity index (χ4v) is 10.9. The van der Waals surface area contributed by atoms with Crippen molar-refractivity contribution in [3.05, 3.63) is 176 Å². The van der Waals surface area contributed by atoms with Crippen LogP contribution in [0.4, 0.5) is 0 Å². The molecule has 0 amide bonds. The van der Waals surface area contributed by atoms with Crippen LogP contribution in [-0.4, -0.2) is 30.6 Å². The Morgan fingerprint density at radius 1 is 0.290 bits per heavy atom. The average molecular weight is 933 g/mol. The number of benzene rings is 6. The van der Waals surface area contributed by atoms with Crippen molar-refractivity contribution in [2.24, 2.45) is 0 Å². The average Bonchev–Trinajstić information content (AvgIpc) is 3.32. The molecule has 0 radical (unpaired) electrons. The number of rotatable bonds is 6. The minimum Gasteiger partial charge on any atom is -0.508 e. The third kappa shape index (κ3) is 12.5. The highest BCUT2D eigenvalue weighted by Crippen LogP contribution is 2.47. The fourth-order valence-electron chi connectivity index (χ4n) is 10.9. The molecule has 6 aromatic rings. The second-order valence-electron chi connectivity index (χ2n) is 21.0. The number of hydrogen-bond donors (Lipinski definition) is 6. The molecule has 0 unspecified atom stereocenters. The summed E-state index contributed by atoms with van der Waals surface area (Å²) < 4.78 is 0. The Morgan fingerprint density at radius 3 is 0.725 bits per heavy atom. The third-order valence-corrected chi connectivity index (χ3v) is 15.7. The molecule has 6 heteroatoms. The van der Waals surface area contributed by atoms with E-state index in [0.717, 1.165) is 70.2 Å². The zero-order valence-corrected chi connectivity index (χ0v) is 42.9. The molecule has 2 aliphatic carbocycles. The summed E-state index contributed by atoms with van der Waals surface area (Å²) in [5, 5.41) is 59.1. The molecule has 0 atom stereocenters. The van der Waals surface area contributed by atoms with E-state index < -0.39 is 0 Å². The summed E-state index contributed by atoms with van der Waals surface area (Å²) >= 11 is 0. The first-order valence-corrected chi connectivity index (χ1v) is 25.7. The van der Waals surface area contributed by atoms with Crippen LogP contribution in [0.5, 0.6) is 34.5 Å². The maximum absolute atomic E-state index is 10.1. The zero-order valence-electron chi connectivity index (χ0n) is 42.9. The van der Waals surface area contributed by atoms with Gasteiger partial charge in [-0.2, -0.15) is 0 Å². The van der Waals surface area contributed by atoms with Crippen LogP contribution in [0.15, 0.2) is 109 Å².